The van der Waals surface area contributed by atoms with Gasteiger partial charge >= 0.3 is 0 Å². The maximum absolute atomic E-state index is 13.5. The molecule has 19 heavy (non-hydrogen) atoms. The second-order valence-corrected chi connectivity index (χ2v) is 5.46. The van der Waals surface area contributed by atoms with Gasteiger partial charge in [-0.1, -0.05) is 6.07 Å². The predicted molar refractivity (Wildman–Crippen MR) is 72.9 cm³/mol. The lowest BCUT2D eigenvalue weighted by atomic mass is 9.99. The first-order valence-corrected chi connectivity index (χ1v) is 7.08. The number of piperazine rings is 1. The molecule has 1 atom stereocenters. The van der Waals surface area contributed by atoms with E-state index in [4.69, 9.17) is 4.74 Å². The van der Waals surface area contributed by atoms with Crippen molar-refractivity contribution in [1.82, 2.24) is 10.2 Å². The van der Waals surface area contributed by atoms with Crippen LogP contribution in [0.25, 0.3) is 0 Å². The number of nitrogens with one attached hydrogen (secondary N) is 1. The summed E-state index contributed by atoms with van der Waals surface area (Å²) < 4.78 is 18.7. The van der Waals surface area contributed by atoms with Crippen LogP contribution in [-0.2, 0) is 0 Å². The minimum atomic E-state index is -0.277. The molecular weight excluding hydrogens is 243 g/mol. The molecule has 3 nitrogen and oxygen atoms in total. The highest BCUT2D eigenvalue weighted by molar-refractivity contribution is 5.33. The van der Waals surface area contributed by atoms with Crippen LogP contribution in [0.4, 0.5) is 4.39 Å². The predicted octanol–water partition coefficient (Wildman–Crippen LogP) is 2.19. The fourth-order valence-corrected chi connectivity index (χ4v) is 3.01. The van der Waals surface area contributed by atoms with E-state index in [-0.39, 0.29) is 5.82 Å². The molecule has 4 heteroatoms. The first kappa shape index (κ1) is 12.9. The standard InChI is InChI=1S/C15H21FN2O/c1-19-14-10-12(4-5-13(14)16)15(11-2-3-11)18-8-6-17-7-9-18/h4-5,10-11,15,17H,2-3,6-9H2,1H3/t15-/m0/s1. The average molecular weight is 264 g/mol. The van der Waals surface area contributed by atoms with Crippen molar-refractivity contribution >= 4 is 0 Å². The van der Waals surface area contributed by atoms with Gasteiger partial charge in [0.05, 0.1) is 7.11 Å². The van der Waals surface area contributed by atoms with Crippen molar-refractivity contribution in [1.29, 1.82) is 0 Å². The molecule has 3 rings (SSSR count). The average Bonchev–Trinajstić information content (AvgIpc) is 3.27. The third kappa shape index (κ3) is 2.74. The first-order chi connectivity index (χ1) is 9.29. The summed E-state index contributed by atoms with van der Waals surface area (Å²) in [7, 11) is 1.53. The Morgan fingerprint density at radius 1 is 1.32 bits per heavy atom. The molecule has 2 aliphatic rings. The van der Waals surface area contributed by atoms with Gasteiger partial charge in [-0.05, 0) is 36.5 Å². The highest BCUT2D eigenvalue weighted by atomic mass is 19.1. The van der Waals surface area contributed by atoms with E-state index in [0.717, 1.165) is 32.1 Å². The van der Waals surface area contributed by atoms with Gasteiger partial charge in [0.15, 0.2) is 11.6 Å². The van der Waals surface area contributed by atoms with Crippen LogP contribution in [0.3, 0.4) is 0 Å². The molecule has 1 aromatic carbocycles. The van der Waals surface area contributed by atoms with Gasteiger partial charge in [-0.25, -0.2) is 4.39 Å². The van der Waals surface area contributed by atoms with Gasteiger partial charge in [0.1, 0.15) is 0 Å². The fraction of sp³-hybridized carbons (Fsp3) is 0.600. The van der Waals surface area contributed by atoms with Gasteiger partial charge in [-0.15, -0.1) is 0 Å². The van der Waals surface area contributed by atoms with Gasteiger partial charge in [-0.3, -0.25) is 4.90 Å². The Labute approximate surface area is 113 Å². The Kier molecular flexibility index (Phi) is 3.71. The lowest BCUT2D eigenvalue weighted by Gasteiger charge is -2.35. The normalized spacial score (nSPS) is 22.2. The lowest BCUT2D eigenvalue weighted by Crippen LogP contribution is -2.45. The molecule has 104 valence electrons. The van der Waals surface area contributed by atoms with E-state index in [2.05, 4.69) is 10.2 Å². The molecule has 0 amide bonds. The van der Waals surface area contributed by atoms with Crippen LogP contribution in [0.5, 0.6) is 5.75 Å². The Hall–Kier alpha value is -1.13. The van der Waals surface area contributed by atoms with E-state index in [1.165, 1.54) is 31.6 Å². The quantitative estimate of drug-likeness (QED) is 0.902. The second-order valence-electron chi connectivity index (χ2n) is 5.46. The number of nitrogens with zero attached hydrogens (tertiary/aromatic N) is 1. The molecule has 0 unspecified atom stereocenters. The van der Waals surface area contributed by atoms with E-state index in [9.17, 15) is 4.39 Å². The van der Waals surface area contributed by atoms with Crippen LogP contribution in [0.2, 0.25) is 0 Å². The molecule has 1 heterocycles. The largest absolute Gasteiger partial charge is 0.494 e. The number of benzene rings is 1. The highest BCUT2D eigenvalue weighted by Crippen LogP contribution is 2.45. The number of hydrogen-bond donors (Lipinski definition) is 1. The molecule has 1 aliphatic carbocycles. The van der Waals surface area contributed by atoms with Crippen molar-refractivity contribution in [2.45, 2.75) is 18.9 Å². The topological polar surface area (TPSA) is 24.5 Å². The number of hydrogen-bond acceptors (Lipinski definition) is 3. The first-order valence-electron chi connectivity index (χ1n) is 7.08. The summed E-state index contributed by atoms with van der Waals surface area (Å²) in [5, 5.41) is 3.39. The van der Waals surface area contributed by atoms with Crippen LogP contribution < -0.4 is 10.1 Å². The summed E-state index contributed by atoms with van der Waals surface area (Å²) >= 11 is 0. The maximum Gasteiger partial charge on any atom is 0.165 e. The smallest absolute Gasteiger partial charge is 0.165 e. The Balaban J connectivity index is 1.86. The summed E-state index contributed by atoms with van der Waals surface area (Å²) in [4.78, 5) is 2.53. The van der Waals surface area contributed by atoms with Crippen LogP contribution >= 0.6 is 0 Å². The van der Waals surface area contributed by atoms with E-state index < -0.39 is 0 Å². The Morgan fingerprint density at radius 2 is 2.05 bits per heavy atom. The third-order valence-corrected chi connectivity index (χ3v) is 4.13. The Morgan fingerprint density at radius 3 is 2.68 bits per heavy atom. The molecule has 2 fully saturated rings. The highest BCUT2D eigenvalue weighted by Gasteiger charge is 2.36. The van der Waals surface area contributed by atoms with Crippen molar-refractivity contribution in [2.24, 2.45) is 5.92 Å². The molecule has 0 spiro atoms. The summed E-state index contributed by atoms with van der Waals surface area (Å²) in [6, 6.07) is 5.76. The zero-order valence-electron chi connectivity index (χ0n) is 11.4. The van der Waals surface area contributed by atoms with E-state index in [1.807, 2.05) is 12.1 Å². The number of ether oxygens (including phenoxy) is 1. The molecular formula is C15H21FN2O. The van der Waals surface area contributed by atoms with Gasteiger partial charge < -0.3 is 10.1 Å². The minimum Gasteiger partial charge on any atom is -0.494 e. The number of methoxy groups -OCH3 is 1. The van der Waals surface area contributed by atoms with Crippen molar-refractivity contribution in [3.05, 3.63) is 29.6 Å². The molecule has 1 aliphatic heterocycles. The summed E-state index contributed by atoms with van der Waals surface area (Å²) in [6.45, 7) is 4.23. The van der Waals surface area contributed by atoms with Crippen molar-refractivity contribution in [3.8, 4) is 5.75 Å². The lowest BCUT2D eigenvalue weighted by molar-refractivity contribution is 0.156. The molecule has 1 N–H and O–H groups in total. The van der Waals surface area contributed by atoms with E-state index in [0.29, 0.717) is 11.8 Å². The summed E-state index contributed by atoms with van der Waals surface area (Å²) in [6.07, 6.45) is 2.57. The fourth-order valence-electron chi connectivity index (χ4n) is 3.01. The molecule has 0 radical (unpaired) electrons. The van der Waals surface area contributed by atoms with Gasteiger partial charge in [0, 0.05) is 32.2 Å². The van der Waals surface area contributed by atoms with Crippen molar-refractivity contribution < 1.29 is 9.13 Å². The zero-order valence-corrected chi connectivity index (χ0v) is 11.4. The van der Waals surface area contributed by atoms with Crippen molar-refractivity contribution in [3.63, 3.8) is 0 Å². The van der Waals surface area contributed by atoms with Gasteiger partial charge in [0.2, 0.25) is 0 Å². The summed E-state index contributed by atoms with van der Waals surface area (Å²) in [5.41, 5.74) is 1.20. The minimum absolute atomic E-state index is 0.277. The summed E-state index contributed by atoms with van der Waals surface area (Å²) in [5.74, 6) is 0.813. The SMILES string of the molecule is COc1cc([C@H](C2CC2)N2CCNCC2)ccc1F. The zero-order chi connectivity index (χ0) is 13.2. The van der Waals surface area contributed by atoms with Gasteiger partial charge in [-0.2, -0.15) is 0 Å². The van der Waals surface area contributed by atoms with E-state index in [1.54, 1.807) is 0 Å². The number of rotatable bonds is 4. The van der Waals surface area contributed by atoms with E-state index >= 15 is 0 Å². The Bertz CT molecular complexity index is 442. The van der Waals surface area contributed by atoms with Crippen LogP contribution in [0.1, 0.15) is 24.4 Å². The monoisotopic (exact) mass is 264 g/mol. The molecule has 1 saturated carbocycles. The van der Waals surface area contributed by atoms with Crippen molar-refractivity contribution in [2.75, 3.05) is 33.3 Å². The molecule has 0 aromatic heterocycles. The molecule has 0 bridgehead atoms. The molecule has 1 saturated heterocycles. The van der Waals surface area contributed by atoms with Crippen LogP contribution in [0.15, 0.2) is 18.2 Å². The second kappa shape index (κ2) is 5.47. The molecule has 1 aromatic rings. The maximum atomic E-state index is 13.5. The van der Waals surface area contributed by atoms with Gasteiger partial charge in [0.25, 0.3) is 0 Å². The van der Waals surface area contributed by atoms with Crippen LogP contribution in [0, 0.1) is 11.7 Å². The van der Waals surface area contributed by atoms with Crippen LogP contribution in [-0.4, -0.2) is 38.2 Å². The third-order valence-electron chi connectivity index (χ3n) is 4.13. The number of halogens is 1.